The van der Waals surface area contributed by atoms with Gasteiger partial charge in [-0.2, -0.15) is 0 Å². The number of aryl methyl sites for hydroxylation is 1. The van der Waals surface area contributed by atoms with Gasteiger partial charge in [0, 0.05) is 6.54 Å². The summed E-state index contributed by atoms with van der Waals surface area (Å²) in [5.41, 5.74) is 1.57. The second kappa shape index (κ2) is 9.36. The molecule has 1 aromatic rings. The van der Waals surface area contributed by atoms with Crippen molar-refractivity contribution in [2.75, 3.05) is 19.8 Å². The van der Waals surface area contributed by atoms with Gasteiger partial charge in [0.25, 0.3) is 0 Å². The largest absolute Gasteiger partial charge is 0.465 e. The molecule has 2 atom stereocenters. The number of nitrogens with one attached hydrogen (secondary N) is 1. The standard InChI is InChI=1S/C20H27NO5/c1-4-25-20(24)17-16(11-21-18(17)22)10-7-14-5-8-15(9-6-14)19(23)26-12-13(2)3/h5-6,8-9,13,16-17H,4,7,10-12H2,1-3H3,(H,21,22). The molecule has 26 heavy (non-hydrogen) atoms. The molecule has 1 N–H and O–H groups in total. The molecule has 1 aliphatic rings. The Morgan fingerprint density at radius 1 is 1.19 bits per heavy atom. The SMILES string of the molecule is CCOC(=O)C1C(=O)NCC1CCc1ccc(C(=O)OCC(C)C)cc1. The molecule has 0 spiro atoms. The summed E-state index contributed by atoms with van der Waals surface area (Å²) in [6.45, 7) is 6.86. The van der Waals surface area contributed by atoms with Gasteiger partial charge in [-0.1, -0.05) is 26.0 Å². The van der Waals surface area contributed by atoms with Gasteiger partial charge in [-0.05, 0) is 49.3 Å². The van der Waals surface area contributed by atoms with E-state index in [-0.39, 0.29) is 24.4 Å². The van der Waals surface area contributed by atoms with E-state index in [1.165, 1.54) is 0 Å². The number of hydrogen-bond acceptors (Lipinski definition) is 5. The van der Waals surface area contributed by atoms with E-state index in [0.717, 1.165) is 12.0 Å². The maximum Gasteiger partial charge on any atom is 0.338 e. The summed E-state index contributed by atoms with van der Waals surface area (Å²) < 4.78 is 10.2. The quantitative estimate of drug-likeness (QED) is 0.568. The van der Waals surface area contributed by atoms with Gasteiger partial charge in [-0.15, -0.1) is 0 Å². The highest BCUT2D eigenvalue weighted by Crippen LogP contribution is 2.25. The molecular weight excluding hydrogens is 334 g/mol. The monoisotopic (exact) mass is 361 g/mol. The molecule has 0 saturated carbocycles. The number of esters is 2. The lowest BCUT2D eigenvalue weighted by atomic mass is 9.89. The Hall–Kier alpha value is -2.37. The number of ether oxygens (including phenoxy) is 2. The molecule has 1 amide bonds. The molecule has 2 unspecified atom stereocenters. The summed E-state index contributed by atoms with van der Waals surface area (Å²) in [7, 11) is 0. The third-order valence-electron chi connectivity index (χ3n) is 4.37. The fourth-order valence-corrected chi connectivity index (χ4v) is 2.96. The van der Waals surface area contributed by atoms with E-state index in [1.807, 2.05) is 26.0 Å². The number of amides is 1. The molecule has 1 heterocycles. The normalized spacial score (nSPS) is 19.3. The first-order valence-electron chi connectivity index (χ1n) is 9.12. The molecule has 0 bridgehead atoms. The van der Waals surface area contributed by atoms with Crippen LogP contribution in [0.15, 0.2) is 24.3 Å². The summed E-state index contributed by atoms with van der Waals surface area (Å²) in [5.74, 6) is -1.52. The first kappa shape index (κ1) is 19.9. The van der Waals surface area contributed by atoms with Crippen molar-refractivity contribution >= 4 is 17.8 Å². The molecule has 1 aliphatic heterocycles. The van der Waals surface area contributed by atoms with Crippen molar-refractivity contribution < 1.29 is 23.9 Å². The number of hydrogen-bond donors (Lipinski definition) is 1. The minimum Gasteiger partial charge on any atom is -0.465 e. The predicted octanol–water partition coefficient (Wildman–Crippen LogP) is 2.36. The Labute approximate surface area is 154 Å². The van der Waals surface area contributed by atoms with Crippen LogP contribution >= 0.6 is 0 Å². The molecule has 0 radical (unpaired) electrons. The smallest absolute Gasteiger partial charge is 0.338 e. The minimum atomic E-state index is -0.722. The van der Waals surface area contributed by atoms with Crippen molar-refractivity contribution in [2.45, 2.75) is 33.6 Å². The van der Waals surface area contributed by atoms with Gasteiger partial charge in [0.2, 0.25) is 5.91 Å². The summed E-state index contributed by atoms with van der Waals surface area (Å²) in [6.07, 6.45) is 1.41. The molecule has 6 heteroatoms. The van der Waals surface area contributed by atoms with Crippen LogP contribution < -0.4 is 5.32 Å². The van der Waals surface area contributed by atoms with Crippen LogP contribution in [0.2, 0.25) is 0 Å². The number of carbonyl (C=O) groups is 3. The molecule has 0 aromatic heterocycles. The summed E-state index contributed by atoms with van der Waals surface area (Å²) >= 11 is 0. The molecular formula is C20H27NO5. The Balaban J connectivity index is 1.90. The second-order valence-electron chi connectivity index (χ2n) is 6.96. The summed E-state index contributed by atoms with van der Waals surface area (Å²) in [6, 6.07) is 7.27. The highest BCUT2D eigenvalue weighted by atomic mass is 16.5. The van der Waals surface area contributed by atoms with Gasteiger partial charge in [0.05, 0.1) is 18.8 Å². The Morgan fingerprint density at radius 2 is 1.88 bits per heavy atom. The number of carbonyl (C=O) groups excluding carboxylic acids is 3. The molecule has 1 saturated heterocycles. The molecule has 0 aliphatic carbocycles. The van der Waals surface area contributed by atoms with Gasteiger partial charge in [-0.3, -0.25) is 9.59 Å². The average molecular weight is 361 g/mol. The van der Waals surface area contributed by atoms with Gasteiger partial charge >= 0.3 is 11.9 Å². The highest BCUT2D eigenvalue weighted by Gasteiger charge is 2.40. The minimum absolute atomic E-state index is 0.0720. The molecule has 1 aromatic carbocycles. The highest BCUT2D eigenvalue weighted by molar-refractivity contribution is 5.99. The Bertz CT molecular complexity index is 638. The van der Waals surface area contributed by atoms with E-state index in [0.29, 0.717) is 31.1 Å². The first-order valence-corrected chi connectivity index (χ1v) is 9.12. The lowest BCUT2D eigenvalue weighted by Gasteiger charge is -2.15. The van der Waals surface area contributed by atoms with Crippen LogP contribution in [0.3, 0.4) is 0 Å². The summed E-state index contributed by atoms with van der Waals surface area (Å²) in [5, 5.41) is 2.74. The van der Waals surface area contributed by atoms with Crippen LogP contribution in [0, 0.1) is 17.8 Å². The maximum absolute atomic E-state index is 12.0. The van der Waals surface area contributed by atoms with Gasteiger partial charge in [0.1, 0.15) is 5.92 Å². The molecule has 6 nitrogen and oxygen atoms in total. The number of rotatable bonds is 8. The van der Waals surface area contributed by atoms with E-state index >= 15 is 0 Å². The van der Waals surface area contributed by atoms with Crippen molar-refractivity contribution in [3.05, 3.63) is 35.4 Å². The van der Waals surface area contributed by atoms with Crippen molar-refractivity contribution in [3.8, 4) is 0 Å². The van der Waals surface area contributed by atoms with E-state index in [4.69, 9.17) is 9.47 Å². The van der Waals surface area contributed by atoms with Crippen LogP contribution in [0.4, 0.5) is 0 Å². The molecule has 142 valence electrons. The van der Waals surface area contributed by atoms with Crippen LogP contribution in [0.5, 0.6) is 0 Å². The predicted molar refractivity (Wildman–Crippen MR) is 96.5 cm³/mol. The van der Waals surface area contributed by atoms with Crippen LogP contribution in [0.25, 0.3) is 0 Å². The third kappa shape index (κ3) is 5.31. The second-order valence-corrected chi connectivity index (χ2v) is 6.96. The zero-order valence-corrected chi connectivity index (χ0v) is 15.6. The zero-order chi connectivity index (χ0) is 19.1. The van der Waals surface area contributed by atoms with Crippen molar-refractivity contribution in [2.24, 2.45) is 17.8 Å². The fraction of sp³-hybridized carbons (Fsp3) is 0.550. The van der Waals surface area contributed by atoms with Crippen LogP contribution in [0.1, 0.15) is 43.1 Å². The molecule has 2 rings (SSSR count). The maximum atomic E-state index is 12.0. The van der Waals surface area contributed by atoms with Gasteiger partial charge in [-0.25, -0.2) is 4.79 Å². The van der Waals surface area contributed by atoms with Gasteiger partial charge in [0.15, 0.2) is 0 Å². The van der Waals surface area contributed by atoms with E-state index in [1.54, 1.807) is 19.1 Å². The topological polar surface area (TPSA) is 81.7 Å². The van der Waals surface area contributed by atoms with Gasteiger partial charge < -0.3 is 14.8 Å². The van der Waals surface area contributed by atoms with Crippen molar-refractivity contribution in [3.63, 3.8) is 0 Å². The lowest BCUT2D eigenvalue weighted by Crippen LogP contribution is -2.29. The van der Waals surface area contributed by atoms with Crippen LogP contribution in [-0.2, 0) is 25.5 Å². The van der Waals surface area contributed by atoms with E-state index in [9.17, 15) is 14.4 Å². The van der Waals surface area contributed by atoms with E-state index in [2.05, 4.69) is 5.32 Å². The Morgan fingerprint density at radius 3 is 2.50 bits per heavy atom. The summed E-state index contributed by atoms with van der Waals surface area (Å²) in [4.78, 5) is 35.8. The third-order valence-corrected chi connectivity index (χ3v) is 4.37. The van der Waals surface area contributed by atoms with E-state index < -0.39 is 11.9 Å². The van der Waals surface area contributed by atoms with Crippen molar-refractivity contribution in [1.29, 1.82) is 0 Å². The molecule has 1 fully saturated rings. The number of benzene rings is 1. The first-order chi connectivity index (χ1) is 12.4. The lowest BCUT2D eigenvalue weighted by molar-refractivity contribution is -0.152. The zero-order valence-electron chi connectivity index (χ0n) is 15.6. The van der Waals surface area contributed by atoms with Crippen molar-refractivity contribution in [1.82, 2.24) is 5.32 Å². The Kier molecular flexibility index (Phi) is 7.18. The average Bonchev–Trinajstić information content (AvgIpc) is 2.99. The van der Waals surface area contributed by atoms with Crippen LogP contribution in [-0.4, -0.2) is 37.6 Å². The fourth-order valence-electron chi connectivity index (χ4n) is 2.96.